The Hall–Kier alpha value is -2.31. The van der Waals surface area contributed by atoms with Crippen molar-refractivity contribution in [3.8, 4) is 0 Å². The van der Waals surface area contributed by atoms with E-state index in [2.05, 4.69) is 5.32 Å². The van der Waals surface area contributed by atoms with Crippen LogP contribution < -0.4 is 28.3 Å². The third-order valence-corrected chi connectivity index (χ3v) is 6.45. The number of aliphatic hydroxyl groups excluding tert-OH is 1. The number of carbonyl (C=O) groups is 5. The van der Waals surface area contributed by atoms with Crippen molar-refractivity contribution < 1.29 is 79.2 Å². The van der Waals surface area contributed by atoms with Gasteiger partial charge >= 0.3 is 23.9 Å². The molecular weight excluding hydrogens is 737 g/mol. The van der Waals surface area contributed by atoms with Gasteiger partial charge in [-0.05, 0) is 90.3 Å². The monoisotopic (exact) mass is 803 g/mol. The Morgan fingerprint density at radius 1 is 0.755 bits per heavy atom. The maximum absolute atomic E-state index is 10.6. The van der Waals surface area contributed by atoms with E-state index in [1.807, 2.05) is 0 Å². The van der Waals surface area contributed by atoms with Gasteiger partial charge in [-0.2, -0.15) is 0 Å². The van der Waals surface area contributed by atoms with E-state index in [1.165, 1.54) is 6.42 Å². The molecule has 3 unspecified atom stereocenters. The molecular formula is C31H66N5O12Rh-. The molecule has 2 rings (SSSR count). The summed E-state index contributed by atoms with van der Waals surface area (Å²) in [6, 6.07) is 0. The molecule has 0 aromatic rings. The van der Waals surface area contributed by atoms with Crippen LogP contribution in [0.15, 0.2) is 0 Å². The fourth-order valence-corrected chi connectivity index (χ4v) is 3.76. The van der Waals surface area contributed by atoms with Crippen LogP contribution in [0.2, 0.25) is 0 Å². The zero-order valence-electron chi connectivity index (χ0n) is 29.1. The van der Waals surface area contributed by atoms with Gasteiger partial charge in [0.2, 0.25) is 5.91 Å². The molecule has 2 heterocycles. The van der Waals surface area contributed by atoms with Gasteiger partial charge < -0.3 is 71.4 Å². The smallest absolute Gasteiger partial charge is 0.332 e. The van der Waals surface area contributed by atoms with Crippen LogP contribution in [0, 0.1) is 7.43 Å². The summed E-state index contributed by atoms with van der Waals surface area (Å²) in [6.07, 6.45) is 11.2. The molecule has 0 bridgehead atoms. The number of amides is 1. The fourth-order valence-electron chi connectivity index (χ4n) is 3.76. The zero-order valence-corrected chi connectivity index (χ0v) is 30.8. The minimum absolute atomic E-state index is 0. The maximum atomic E-state index is 10.6. The van der Waals surface area contributed by atoms with Crippen LogP contribution in [0.3, 0.4) is 0 Å². The summed E-state index contributed by atoms with van der Waals surface area (Å²) in [5.74, 6) is -3.24. The summed E-state index contributed by atoms with van der Waals surface area (Å²) in [5, 5.41) is 44.5. The summed E-state index contributed by atoms with van der Waals surface area (Å²) >= 11 is 0. The molecule has 2 aliphatic rings. The number of carboxylic acids is 4. The van der Waals surface area contributed by atoms with E-state index < -0.39 is 36.1 Å². The molecule has 0 saturated carbocycles. The average molecular weight is 804 g/mol. The number of rotatable bonds is 17. The Labute approximate surface area is 304 Å². The van der Waals surface area contributed by atoms with E-state index >= 15 is 0 Å². The third-order valence-electron chi connectivity index (χ3n) is 6.45. The van der Waals surface area contributed by atoms with Crippen LogP contribution in [-0.2, 0) is 48.2 Å². The van der Waals surface area contributed by atoms with E-state index in [0.29, 0.717) is 45.4 Å². The second-order valence-electron chi connectivity index (χ2n) is 10.7. The summed E-state index contributed by atoms with van der Waals surface area (Å²) in [4.78, 5) is 50.7. The predicted molar refractivity (Wildman–Crippen MR) is 183 cm³/mol. The second-order valence-corrected chi connectivity index (χ2v) is 10.7. The molecule has 0 spiro atoms. The van der Waals surface area contributed by atoms with E-state index in [9.17, 15) is 24.0 Å². The summed E-state index contributed by atoms with van der Waals surface area (Å²) in [5.41, 5.74) is 20.8. The van der Waals surface area contributed by atoms with Gasteiger partial charge in [0.05, 0.1) is 6.10 Å². The molecule has 3 atom stereocenters. The number of nitrogens with two attached hydrogens (primary N) is 4. The van der Waals surface area contributed by atoms with Crippen molar-refractivity contribution >= 4 is 29.8 Å². The van der Waals surface area contributed by atoms with Crippen molar-refractivity contribution in [2.24, 2.45) is 22.9 Å². The van der Waals surface area contributed by atoms with Crippen LogP contribution in [0.25, 0.3) is 0 Å². The maximum Gasteiger partial charge on any atom is 0.332 e. The van der Waals surface area contributed by atoms with E-state index in [0.717, 1.165) is 77.2 Å². The molecule has 1 radical (unpaired) electrons. The molecule has 49 heavy (non-hydrogen) atoms. The average Bonchev–Trinajstić information content (AvgIpc) is 3.38. The number of unbranched alkanes of at least 4 members (excludes halogenated alkanes) is 5. The third kappa shape index (κ3) is 47.9. The summed E-state index contributed by atoms with van der Waals surface area (Å²) in [6.45, 7) is 3.19. The van der Waals surface area contributed by atoms with Crippen molar-refractivity contribution in [2.45, 2.75) is 127 Å². The van der Waals surface area contributed by atoms with Crippen LogP contribution in [-0.4, -0.2) is 112 Å². The molecule has 17 nitrogen and oxygen atoms in total. The fraction of sp³-hybridized carbons (Fsp3) is 0.806. The molecule has 2 saturated heterocycles. The van der Waals surface area contributed by atoms with E-state index in [4.69, 9.17) is 53.2 Å². The molecule has 16 N–H and O–H groups in total. The standard InChI is InChI=1S/C6H11NO3.C6H13NO3.2C6H13NO2.C6H11NO.CH3.H2O.Rh/c7-3-4-1-2-5(10-4)6(8)9;7-4-2-1-3-5(8)6(9)10;2*7-5-3-1-2-4-6(8)9;8-6-4-2-1-3-5-7-6;;;/h4-5H,1-3,7H2,(H,8,9);5,8H,1-4,7H2,(H,9,10);2*1-5,7H2,(H,8,9);1-5H2,(H,7,8);1H3;1H2;/q;;;;;-1;;. The topological polar surface area (TPSA) is 343 Å². The minimum atomic E-state index is -1.22. The SMILES string of the molecule is NCC1CCC(C(=O)O)O1.NCCCCC(O)C(=O)O.NCCCCCC(=O)O.NCCCCCC(=O)O.O.O=C1CCCCCN1.[CH3-].[Rh]. The van der Waals surface area contributed by atoms with Crippen molar-refractivity contribution in [1.82, 2.24) is 5.32 Å². The largest absolute Gasteiger partial charge is 0.481 e. The predicted octanol–water partition coefficient (Wildman–Crippen LogP) is 0.618. The van der Waals surface area contributed by atoms with Crippen molar-refractivity contribution in [3.05, 3.63) is 7.43 Å². The molecule has 2 aliphatic heterocycles. The quantitative estimate of drug-likeness (QED) is 0.0547. The van der Waals surface area contributed by atoms with E-state index in [1.54, 1.807) is 0 Å². The van der Waals surface area contributed by atoms with Crippen molar-refractivity contribution in [3.63, 3.8) is 0 Å². The molecule has 0 aromatic heterocycles. The Kier molecular flexibility index (Phi) is 52.5. The number of aliphatic hydroxyl groups is 1. The summed E-state index contributed by atoms with van der Waals surface area (Å²) < 4.78 is 5.05. The Balaban J connectivity index is -0.000000116. The van der Waals surface area contributed by atoms with Gasteiger partial charge in [-0.3, -0.25) is 14.4 Å². The normalized spacial score (nSPS) is 16.3. The number of aliphatic carboxylic acids is 4. The Morgan fingerprint density at radius 2 is 1.24 bits per heavy atom. The van der Waals surface area contributed by atoms with Crippen molar-refractivity contribution in [1.29, 1.82) is 0 Å². The molecule has 2 fully saturated rings. The Morgan fingerprint density at radius 3 is 1.61 bits per heavy atom. The number of nitrogens with one attached hydrogen (secondary N) is 1. The zero-order chi connectivity index (χ0) is 35.6. The molecule has 0 aromatic carbocycles. The molecule has 18 heteroatoms. The van der Waals surface area contributed by atoms with Crippen LogP contribution in [0.1, 0.15) is 109 Å². The first kappa shape index (κ1) is 58.9. The van der Waals surface area contributed by atoms with Crippen LogP contribution in [0.4, 0.5) is 0 Å². The molecule has 297 valence electrons. The Bertz CT molecular complexity index is 768. The first-order valence-corrected chi connectivity index (χ1v) is 16.2. The summed E-state index contributed by atoms with van der Waals surface area (Å²) in [7, 11) is 0. The van der Waals surface area contributed by atoms with Gasteiger partial charge in [-0.15, -0.1) is 0 Å². The van der Waals surface area contributed by atoms with Gasteiger partial charge in [0.1, 0.15) is 0 Å². The molecule has 1 amide bonds. The number of hydrogen-bond acceptors (Lipinski definition) is 11. The molecule has 0 aliphatic carbocycles. The van der Waals surface area contributed by atoms with Gasteiger partial charge in [0.25, 0.3) is 0 Å². The van der Waals surface area contributed by atoms with Crippen molar-refractivity contribution in [2.75, 3.05) is 32.7 Å². The number of ether oxygens (including phenoxy) is 1. The van der Waals surface area contributed by atoms with Gasteiger partial charge in [-0.1, -0.05) is 19.3 Å². The van der Waals surface area contributed by atoms with E-state index in [-0.39, 0.29) is 57.2 Å². The number of hydrogen-bond donors (Lipinski definition) is 10. The van der Waals surface area contributed by atoms with Crippen LogP contribution in [0.5, 0.6) is 0 Å². The number of carbonyl (C=O) groups excluding carboxylic acids is 1. The van der Waals surface area contributed by atoms with Gasteiger partial charge in [0.15, 0.2) is 12.2 Å². The number of carboxylic acid groups (broad SMARTS) is 4. The first-order chi connectivity index (χ1) is 21.9. The minimum Gasteiger partial charge on any atom is -0.481 e. The first-order valence-electron chi connectivity index (χ1n) is 16.2. The van der Waals surface area contributed by atoms with Crippen LogP contribution >= 0.6 is 0 Å². The van der Waals surface area contributed by atoms with Gasteiger partial charge in [-0.25, -0.2) is 9.59 Å². The second kappa shape index (κ2) is 43.7. The van der Waals surface area contributed by atoms with Gasteiger partial charge in [0, 0.05) is 51.8 Å².